The van der Waals surface area contributed by atoms with Crippen LogP contribution in [0.1, 0.15) is 43.2 Å². The molecule has 2 aliphatic rings. The topological polar surface area (TPSA) is 80.3 Å². The molecule has 0 bridgehead atoms. The number of carbonyl (C=O) groups is 2. The molecule has 0 fully saturated rings. The van der Waals surface area contributed by atoms with E-state index >= 15 is 0 Å². The molecule has 1 amide bonds. The summed E-state index contributed by atoms with van der Waals surface area (Å²) in [5.74, 6) is 0.616. The van der Waals surface area contributed by atoms with Crippen molar-refractivity contribution in [3.05, 3.63) is 76.3 Å². The summed E-state index contributed by atoms with van der Waals surface area (Å²) in [6.45, 7) is 3.83. The molecule has 6 nitrogen and oxygen atoms in total. The summed E-state index contributed by atoms with van der Waals surface area (Å²) in [5.41, 5.74) is 4.82. The van der Waals surface area contributed by atoms with E-state index < -0.39 is 5.92 Å². The van der Waals surface area contributed by atoms with Crippen LogP contribution in [0.3, 0.4) is 0 Å². The van der Waals surface area contributed by atoms with Crippen LogP contribution in [-0.2, 0) is 9.59 Å². The molecule has 2 aromatic rings. The van der Waals surface area contributed by atoms with E-state index in [0.29, 0.717) is 23.4 Å². The van der Waals surface area contributed by atoms with Crippen molar-refractivity contribution in [2.24, 2.45) is 0 Å². The highest BCUT2D eigenvalue weighted by Gasteiger charge is 2.38. The van der Waals surface area contributed by atoms with E-state index in [4.69, 9.17) is 4.74 Å². The number of ketones is 1. The average molecular weight is 403 g/mol. The number of amides is 1. The third-order valence-corrected chi connectivity index (χ3v) is 5.62. The van der Waals surface area contributed by atoms with Crippen LogP contribution in [-0.4, -0.2) is 23.8 Å². The minimum absolute atomic E-state index is 0.0934. The zero-order chi connectivity index (χ0) is 21.3. The Morgan fingerprint density at radius 1 is 1.13 bits per heavy atom. The van der Waals surface area contributed by atoms with Gasteiger partial charge in [0.1, 0.15) is 11.6 Å². The van der Waals surface area contributed by atoms with Gasteiger partial charge >= 0.3 is 0 Å². The molecule has 6 heteroatoms. The monoisotopic (exact) mass is 403 g/mol. The number of pyridine rings is 1. The third-order valence-electron chi connectivity index (χ3n) is 5.62. The van der Waals surface area contributed by atoms with Crippen LogP contribution in [0.4, 0.5) is 5.82 Å². The van der Waals surface area contributed by atoms with Gasteiger partial charge in [-0.15, -0.1) is 0 Å². The summed E-state index contributed by atoms with van der Waals surface area (Å²) in [4.78, 5) is 30.5. The number of hydrogen-bond acceptors (Lipinski definition) is 5. The van der Waals surface area contributed by atoms with Gasteiger partial charge in [-0.3, -0.25) is 9.59 Å². The van der Waals surface area contributed by atoms with E-state index in [9.17, 15) is 9.59 Å². The number of aromatic nitrogens is 1. The minimum atomic E-state index is -0.426. The molecule has 4 rings (SSSR count). The van der Waals surface area contributed by atoms with Crippen molar-refractivity contribution in [2.75, 3.05) is 12.4 Å². The second kappa shape index (κ2) is 8.14. The minimum Gasteiger partial charge on any atom is -0.497 e. The van der Waals surface area contributed by atoms with Gasteiger partial charge in [0.25, 0.3) is 5.91 Å². The fraction of sp³-hybridized carbons (Fsp3) is 0.292. The van der Waals surface area contributed by atoms with Gasteiger partial charge in [-0.05, 0) is 56.0 Å². The van der Waals surface area contributed by atoms with E-state index in [-0.39, 0.29) is 11.7 Å². The Morgan fingerprint density at radius 2 is 1.90 bits per heavy atom. The normalized spacial score (nSPS) is 18.6. The molecule has 0 saturated carbocycles. The molecule has 1 aromatic heterocycles. The molecular formula is C24H25N3O3. The summed E-state index contributed by atoms with van der Waals surface area (Å²) in [5, 5.41) is 6.22. The number of ether oxygens (including phenoxy) is 1. The Hall–Kier alpha value is -3.41. The first kappa shape index (κ1) is 19.9. The Kier molecular flexibility index (Phi) is 5.40. The maximum absolute atomic E-state index is 13.3. The number of carbonyl (C=O) groups excluding carboxylic acids is 2. The molecule has 1 aliphatic carbocycles. The number of hydrogen-bond donors (Lipinski definition) is 2. The zero-order valence-electron chi connectivity index (χ0n) is 17.4. The molecule has 0 saturated heterocycles. The van der Waals surface area contributed by atoms with Crippen molar-refractivity contribution in [2.45, 2.75) is 39.0 Å². The second-order valence-corrected chi connectivity index (χ2v) is 7.71. The predicted molar refractivity (Wildman–Crippen MR) is 115 cm³/mol. The molecule has 30 heavy (non-hydrogen) atoms. The van der Waals surface area contributed by atoms with Crippen LogP contribution in [0.25, 0.3) is 0 Å². The Morgan fingerprint density at radius 3 is 2.57 bits per heavy atom. The van der Waals surface area contributed by atoms with Gasteiger partial charge in [0.2, 0.25) is 0 Å². The number of allylic oxidation sites excluding steroid dienone is 3. The van der Waals surface area contributed by atoms with Crippen LogP contribution in [0.2, 0.25) is 0 Å². The highest BCUT2D eigenvalue weighted by Crippen LogP contribution is 2.42. The molecular weight excluding hydrogens is 378 g/mol. The first-order chi connectivity index (χ1) is 14.5. The number of Topliss-reactive ketones (excluding diaryl/α,β-unsaturated/α-hetero) is 1. The number of methoxy groups -OCH3 is 1. The van der Waals surface area contributed by atoms with E-state index in [0.717, 1.165) is 41.1 Å². The Balaban J connectivity index is 1.76. The van der Waals surface area contributed by atoms with E-state index in [1.165, 1.54) is 0 Å². The molecule has 2 N–H and O–H groups in total. The van der Waals surface area contributed by atoms with Crippen LogP contribution >= 0.6 is 0 Å². The Bertz CT molecular complexity index is 1050. The molecule has 1 atom stereocenters. The molecule has 154 valence electrons. The largest absolute Gasteiger partial charge is 0.497 e. The van der Waals surface area contributed by atoms with Gasteiger partial charge in [-0.25, -0.2) is 4.98 Å². The molecule has 0 radical (unpaired) electrons. The fourth-order valence-electron chi connectivity index (χ4n) is 4.14. The van der Waals surface area contributed by atoms with Crippen LogP contribution in [0, 0.1) is 6.92 Å². The van der Waals surface area contributed by atoms with Gasteiger partial charge < -0.3 is 15.4 Å². The standard InChI is InChI=1S/C24H25N3O3/c1-14-7-12-20(25-13-14)27-24(29)21-15(2)26-18-5-4-6-19(28)23(18)22(21)16-8-10-17(30-3)11-9-16/h7-13,22,26H,4-6H2,1-3H3,(H,25,27,29)/t22-/m0/s1. The van der Waals surface area contributed by atoms with Gasteiger partial charge in [-0.2, -0.15) is 0 Å². The number of nitrogens with zero attached hydrogens (tertiary/aromatic N) is 1. The average Bonchev–Trinajstić information content (AvgIpc) is 2.74. The Labute approximate surface area is 176 Å². The first-order valence-electron chi connectivity index (χ1n) is 10.1. The predicted octanol–water partition coefficient (Wildman–Crippen LogP) is 4.01. The van der Waals surface area contributed by atoms with Crippen molar-refractivity contribution in [3.8, 4) is 5.75 Å². The van der Waals surface area contributed by atoms with E-state index in [2.05, 4.69) is 15.6 Å². The maximum atomic E-state index is 13.3. The number of dihydropyridines is 1. The number of anilines is 1. The highest BCUT2D eigenvalue weighted by molar-refractivity contribution is 6.09. The highest BCUT2D eigenvalue weighted by atomic mass is 16.5. The lowest BCUT2D eigenvalue weighted by molar-refractivity contribution is -0.116. The van der Waals surface area contributed by atoms with Crippen molar-refractivity contribution >= 4 is 17.5 Å². The fourth-order valence-corrected chi connectivity index (χ4v) is 4.14. The lowest BCUT2D eigenvalue weighted by Gasteiger charge is -2.34. The smallest absolute Gasteiger partial charge is 0.255 e. The van der Waals surface area contributed by atoms with Crippen molar-refractivity contribution in [3.63, 3.8) is 0 Å². The summed E-state index contributed by atoms with van der Waals surface area (Å²) < 4.78 is 5.28. The van der Waals surface area contributed by atoms with Crippen molar-refractivity contribution < 1.29 is 14.3 Å². The summed E-state index contributed by atoms with van der Waals surface area (Å²) >= 11 is 0. The summed E-state index contributed by atoms with van der Waals surface area (Å²) in [7, 11) is 1.61. The molecule has 0 unspecified atom stereocenters. The number of benzene rings is 1. The van der Waals surface area contributed by atoms with E-state index in [1.807, 2.05) is 44.2 Å². The quantitative estimate of drug-likeness (QED) is 0.806. The van der Waals surface area contributed by atoms with E-state index in [1.54, 1.807) is 19.4 Å². The van der Waals surface area contributed by atoms with Gasteiger partial charge in [0.05, 0.1) is 7.11 Å². The number of aryl methyl sites for hydroxylation is 1. The van der Waals surface area contributed by atoms with Gasteiger partial charge in [0, 0.05) is 41.1 Å². The van der Waals surface area contributed by atoms with Gasteiger partial charge in [0.15, 0.2) is 5.78 Å². The maximum Gasteiger partial charge on any atom is 0.255 e. The second-order valence-electron chi connectivity index (χ2n) is 7.71. The first-order valence-corrected chi connectivity index (χ1v) is 10.1. The lowest BCUT2D eigenvalue weighted by Crippen LogP contribution is -2.35. The van der Waals surface area contributed by atoms with Crippen LogP contribution in [0.15, 0.2) is 65.1 Å². The molecule has 0 spiro atoms. The molecule has 2 heterocycles. The van der Waals surface area contributed by atoms with Crippen LogP contribution in [0.5, 0.6) is 5.75 Å². The SMILES string of the molecule is COc1ccc([C@H]2C(C(=O)Nc3ccc(C)cn3)=C(C)NC3=C2C(=O)CCC3)cc1. The summed E-state index contributed by atoms with van der Waals surface area (Å²) in [6.07, 6.45) is 3.84. The lowest BCUT2D eigenvalue weighted by atomic mass is 9.75. The van der Waals surface area contributed by atoms with Crippen molar-refractivity contribution in [1.29, 1.82) is 0 Å². The van der Waals surface area contributed by atoms with Gasteiger partial charge in [-0.1, -0.05) is 18.2 Å². The number of nitrogens with one attached hydrogen (secondary N) is 2. The molecule has 1 aliphatic heterocycles. The third kappa shape index (κ3) is 3.73. The summed E-state index contributed by atoms with van der Waals surface area (Å²) in [6, 6.07) is 11.2. The molecule has 1 aromatic carbocycles. The van der Waals surface area contributed by atoms with Crippen LogP contribution < -0.4 is 15.4 Å². The van der Waals surface area contributed by atoms with Crippen molar-refractivity contribution in [1.82, 2.24) is 10.3 Å². The number of rotatable bonds is 4. The zero-order valence-corrected chi connectivity index (χ0v) is 17.4.